The van der Waals surface area contributed by atoms with E-state index in [0.717, 1.165) is 23.2 Å². The number of hydrogen-bond acceptors (Lipinski definition) is 3. The molecule has 4 rings (SSSR count). The van der Waals surface area contributed by atoms with Crippen molar-refractivity contribution in [2.75, 3.05) is 6.54 Å². The van der Waals surface area contributed by atoms with Crippen LogP contribution in [-0.2, 0) is 10.2 Å². The molecule has 23 heavy (non-hydrogen) atoms. The highest BCUT2D eigenvalue weighted by Gasteiger charge is 2.68. The fourth-order valence-corrected chi connectivity index (χ4v) is 5.01. The highest BCUT2D eigenvalue weighted by Crippen LogP contribution is 2.68. The van der Waals surface area contributed by atoms with Crippen LogP contribution in [0, 0.1) is 5.92 Å². The molecular weight excluding hydrogens is 405 g/mol. The number of ketones is 1. The van der Waals surface area contributed by atoms with Gasteiger partial charge in [-0.15, -0.1) is 0 Å². The van der Waals surface area contributed by atoms with Gasteiger partial charge in [0, 0.05) is 17.5 Å². The second-order valence-corrected chi connectivity index (χ2v) is 8.58. The van der Waals surface area contributed by atoms with Crippen molar-refractivity contribution in [3.05, 3.63) is 44.7 Å². The molecule has 2 aliphatic carbocycles. The van der Waals surface area contributed by atoms with Crippen molar-refractivity contribution in [2.24, 2.45) is 5.92 Å². The Morgan fingerprint density at radius 3 is 2.74 bits per heavy atom. The van der Waals surface area contributed by atoms with Crippen LogP contribution in [0.1, 0.15) is 43.1 Å². The van der Waals surface area contributed by atoms with Crippen molar-refractivity contribution in [1.82, 2.24) is 4.90 Å². The molecule has 0 aromatic heterocycles. The number of Topliss-reactive ketones (excluding diaryl/α,β-unsaturated/α-hetero) is 1. The summed E-state index contributed by atoms with van der Waals surface area (Å²) >= 11 is 2.10. The molecule has 1 aromatic rings. The van der Waals surface area contributed by atoms with E-state index in [-0.39, 0.29) is 17.3 Å². The minimum Gasteiger partial charge on any atom is -0.443 e. The Bertz CT molecular complexity index is 777. The van der Waals surface area contributed by atoms with Gasteiger partial charge in [0.1, 0.15) is 5.60 Å². The predicted molar refractivity (Wildman–Crippen MR) is 94.5 cm³/mol. The summed E-state index contributed by atoms with van der Waals surface area (Å²) in [7, 11) is 0. The average molecular weight is 423 g/mol. The lowest BCUT2D eigenvalue weighted by Crippen LogP contribution is -2.38. The van der Waals surface area contributed by atoms with Crippen molar-refractivity contribution in [3.8, 4) is 0 Å². The first-order valence-corrected chi connectivity index (χ1v) is 8.88. The number of carbonyl (C=O) groups excluding carboxylic acids is 2. The number of rotatable bonds is 0. The van der Waals surface area contributed by atoms with Gasteiger partial charge >= 0.3 is 6.09 Å². The number of piperidine rings is 1. The molecule has 2 fully saturated rings. The van der Waals surface area contributed by atoms with Crippen molar-refractivity contribution in [3.63, 3.8) is 0 Å². The van der Waals surface area contributed by atoms with Crippen molar-refractivity contribution in [1.29, 1.82) is 0 Å². The van der Waals surface area contributed by atoms with E-state index < -0.39 is 5.60 Å². The van der Waals surface area contributed by atoms with E-state index in [1.807, 2.05) is 45.0 Å². The lowest BCUT2D eigenvalue weighted by molar-refractivity contribution is 0.0322. The van der Waals surface area contributed by atoms with Crippen LogP contribution in [0.3, 0.4) is 0 Å². The Morgan fingerprint density at radius 1 is 1.35 bits per heavy atom. The van der Waals surface area contributed by atoms with Crippen LogP contribution in [0.2, 0.25) is 0 Å². The highest BCUT2D eigenvalue weighted by atomic mass is 127. The average Bonchev–Trinajstić information content (AvgIpc) is 3.08. The van der Waals surface area contributed by atoms with Crippen LogP contribution in [-0.4, -0.2) is 28.9 Å². The van der Waals surface area contributed by atoms with E-state index in [4.69, 9.17) is 4.74 Å². The first kappa shape index (κ1) is 15.2. The van der Waals surface area contributed by atoms with Crippen LogP contribution >= 0.6 is 22.6 Å². The number of fused-ring (bicyclic) bond motifs is 1. The van der Waals surface area contributed by atoms with Crippen LogP contribution in [0.15, 0.2) is 33.5 Å². The maximum Gasteiger partial charge on any atom is 0.414 e. The number of hydrogen-bond donors (Lipinski definition) is 0. The molecule has 1 saturated heterocycles. The molecule has 1 heterocycles. The van der Waals surface area contributed by atoms with E-state index in [2.05, 4.69) is 22.6 Å². The van der Waals surface area contributed by atoms with E-state index in [0.29, 0.717) is 16.0 Å². The fraction of sp³-hybridized carbons (Fsp3) is 0.444. The molecule has 1 spiro atoms. The molecule has 0 radical (unpaired) electrons. The van der Waals surface area contributed by atoms with Crippen molar-refractivity contribution >= 4 is 34.5 Å². The first-order chi connectivity index (χ1) is 10.8. The molecule has 1 amide bonds. The van der Waals surface area contributed by atoms with Gasteiger partial charge in [0.2, 0.25) is 5.78 Å². The van der Waals surface area contributed by atoms with Crippen LogP contribution in [0.25, 0.3) is 0 Å². The minimum atomic E-state index is -0.542. The molecule has 120 valence electrons. The number of carbonyl (C=O) groups is 2. The van der Waals surface area contributed by atoms with Gasteiger partial charge < -0.3 is 4.74 Å². The second kappa shape index (κ2) is 4.59. The summed E-state index contributed by atoms with van der Waals surface area (Å²) in [6.07, 6.45) is 0.665. The van der Waals surface area contributed by atoms with Gasteiger partial charge in [0.25, 0.3) is 0 Å². The Hall–Kier alpha value is -1.37. The van der Waals surface area contributed by atoms with E-state index in [1.165, 1.54) is 0 Å². The molecular formula is C18H18INO3. The fourth-order valence-electron chi connectivity index (χ4n) is 3.94. The molecule has 2 atom stereocenters. The molecule has 4 nitrogen and oxygen atoms in total. The van der Waals surface area contributed by atoms with E-state index >= 15 is 0 Å². The molecule has 3 aliphatic rings. The SMILES string of the molecule is CC(C)(C)OC(=O)N1C[C@H]2C[C@@]23C1=C(I)C(=O)c1ccccc13. The summed E-state index contributed by atoms with van der Waals surface area (Å²) in [6.45, 7) is 6.22. The number of amides is 1. The Labute approximate surface area is 149 Å². The number of halogens is 1. The monoisotopic (exact) mass is 423 g/mol. The molecule has 0 N–H and O–H groups in total. The van der Waals surface area contributed by atoms with Crippen molar-refractivity contribution in [2.45, 2.75) is 38.2 Å². The maximum atomic E-state index is 12.7. The van der Waals surface area contributed by atoms with Crippen LogP contribution < -0.4 is 0 Å². The largest absolute Gasteiger partial charge is 0.443 e. The number of ether oxygens (including phenoxy) is 1. The van der Waals surface area contributed by atoms with Crippen LogP contribution in [0.4, 0.5) is 4.79 Å². The summed E-state index contributed by atoms with van der Waals surface area (Å²) in [4.78, 5) is 27.0. The number of benzene rings is 1. The molecule has 0 bridgehead atoms. The van der Waals surface area contributed by atoms with Crippen molar-refractivity contribution < 1.29 is 14.3 Å². The van der Waals surface area contributed by atoms with Gasteiger partial charge in [0.15, 0.2) is 0 Å². The molecule has 1 aromatic carbocycles. The first-order valence-electron chi connectivity index (χ1n) is 7.80. The standard InChI is InChI=1S/C18H18INO3/c1-17(2,3)23-16(22)20-9-10-8-18(10)12-7-5-4-6-11(12)14(21)13(19)15(18)20/h4-7,10H,8-9H2,1-3H3/t10-,18-/m1/s1. The van der Waals surface area contributed by atoms with Gasteiger partial charge in [-0.1, -0.05) is 24.3 Å². The Kier molecular flexibility index (Phi) is 3.03. The minimum absolute atomic E-state index is 0.0166. The van der Waals surface area contributed by atoms with Gasteiger partial charge in [0.05, 0.1) is 9.28 Å². The second-order valence-electron chi connectivity index (χ2n) is 7.50. The van der Waals surface area contributed by atoms with Crippen LogP contribution in [0.5, 0.6) is 0 Å². The van der Waals surface area contributed by atoms with E-state index in [1.54, 1.807) is 4.90 Å². The number of nitrogens with zero attached hydrogens (tertiary/aromatic N) is 1. The number of allylic oxidation sites excluding steroid dienone is 2. The summed E-state index contributed by atoms with van der Waals surface area (Å²) in [5.74, 6) is 0.409. The molecule has 1 saturated carbocycles. The topological polar surface area (TPSA) is 46.6 Å². The van der Waals surface area contributed by atoms with Gasteiger partial charge in [-0.3, -0.25) is 9.69 Å². The normalized spacial score (nSPS) is 28.3. The molecule has 1 aliphatic heterocycles. The zero-order valence-electron chi connectivity index (χ0n) is 13.4. The Balaban J connectivity index is 1.80. The third-order valence-electron chi connectivity index (χ3n) is 4.87. The third-order valence-corrected chi connectivity index (χ3v) is 5.87. The molecule has 0 unspecified atom stereocenters. The summed E-state index contributed by atoms with van der Waals surface area (Å²) in [5, 5.41) is 0. The zero-order chi connectivity index (χ0) is 16.6. The van der Waals surface area contributed by atoms with Gasteiger partial charge in [-0.2, -0.15) is 0 Å². The third kappa shape index (κ3) is 2.01. The zero-order valence-corrected chi connectivity index (χ0v) is 15.5. The lowest BCUT2D eigenvalue weighted by Gasteiger charge is -2.32. The molecule has 5 heteroatoms. The summed E-state index contributed by atoms with van der Waals surface area (Å²) in [5.41, 5.74) is 2.03. The lowest BCUT2D eigenvalue weighted by atomic mass is 9.81. The number of likely N-dealkylation sites (tertiary alicyclic amines) is 1. The highest BCUT2D eigenvalue weighted by molar-refractivity contribution is 14.1. The quantitative estimate of drug-likeness (QED) is 0.592. The predicted octanol–water partition coefficient (Wildman–Crippen LogP) is 4.04. The smallest absolute Gasteiger partial charge is 0.414 e. The summed E-state index contributed by atoms with van der Waals surface area (Å²) < 4.78 is 6.21. The summed E-state index contributed by atoms with van der Waals surface area (Å²) in [6, 6.07) is 7.81. The maximum absolute atomic E-state index is 12.7. The van der Waals surface area contributed by atoms with Gasteiger partial charge in [-0.25, -0.2) is 4.79 Å². The van der Waals surface area contributed by atoms with E-state index in [9.17, 15) is 9.59 Å². The van der Waals surface area contributed by atoms with Gasteiger partial charge in [-0.05, 0) is 61.3 Å². The Morgan fingerprint density at radius 2 is 2.04 bits per heavy atom.